The van der Waals surface area contributed by atoms with Gasteiger partial charge in [0.1, 0.15) is 5.82 Å². The predicted octanol–water partition coefficient (Wildman–Crippen LogP) is 1.27. The topological polar surface area (TPSA) is 89.6 Å². The first kappa shape index (κ1) is 11.4. The van der Waals surface area contributed by atoms with Crippen molar-refractivity contribution in [2.75, 3.05) is 5.43 Å². The molecule has 1 aliphatic heterocycles. The van der Waals surface area contributed by atoms with E-state index >= 15 is 0 Å². The molecule has 92 valence electrons. The maximum absolute atomic E-state index is 5.50. The van der Waals surface area contributed by atoms with E-state index in [1.165, 1.54) is 0 Å². The second-order valence-electron chi connectivity index (χ2n) is 4.04. The number of aryl methyl sites for hydroxylation is 1. The molecule has 0 aromatic carbocycles. The number of nitrogens with zero attached hydrogens (tertiary/aromatic N) is 4. The van der Waals surface area contributed by atoms with Crippen LogP contribution in [0.15, 0.2) is 12.4 Å². The summed E-state index contributed by atoms with van der Waals surface area (Å²) in [5.74, 6) is 8.99. The highest BCUT2D eigenvalue weighted by molar-refractivity contribution is 7.98. The quantitative estimate of drug-likeness (QED) is 0.621. The fourth-order valence-electron chi connectivity index (χ4n) is 1.78. The largest absolute Gasteiger partial charge is 0.308 e. The molecule has 0 fully saturated rings. The number of rotatable bonds is 2. The molecule has 3 N–H and O–H groups in total. The minimum atomic E-state index is 0.518. The van der Waals surface area contributed by atoms with Gasteiger partial charge in [-0.3, -0.25) is 0 Å². The summed E-state index contributed by atoms with van der Waals surface area (Å²) in [5, 5.41) is 0. The van der Waals surface area contributed by atoms with Crippen LogP contribution in [0, 0.1) is 6.92 Å². The van der Waals surface area contributed by atoms with Gasteiger partial charge in [0.15, 0.2) is 11.6 Å². The van der Waals surface area contributed by atoms with Crippen LogP contribution in [-0.4, -0.2) is 19.9 Å². The van der Waals surface area contributed by atoms with E-state index in [2.05, 4.69) is 25.4 Å². The minimum Gasteiger partial charge on any atom is -0.308 e. The molecular formula is C11H12N6S. The fourth-order valence-corrected chi connectivity index (χ4v) is 2.82. The van der Waals surface area contributed by atoms with Crippen molar-refractivity contribution in [3.63, 3.8) is 0 Å². The number of nitrogens with one attached hydrogen (secondary N) is 1. The molecule has 0 unspecified atom stereocenters. The summed E-state index contributed by atoms with van der Waals surface area (Å²) < 4.78 is 0. The van der Waals surface area contributed by atoms with Gasteiger partial charge in [-0.05, 0) is 12.5 Å². The van der Waals surface area contributed by atoms with Crippen LogP contribution in [0.5, 0.6) is 0 Å². The Bertz CT molecular complexity index is 583. The van der Waals surface area contributed by atoms with Gasteiger partial charge in [-0.2, -0.15) is 11.8 Å². The SMILES string of the molecule is Cc1cnc(-c2nc3c(c(NN)n2)CSC3)nc1. The summed E-state index contributed by atoms with van der Waals surface area (Å²) in [4.78, 5) is 17.4. The van der Waals surface area contributed by atoms with E-state index in [1.54, 1.807) is 24.2 Å². The first-order chi connectivity index (χ1) is 8.78. The first-order valence-electron chi connectivity index (χ1n) is 5.51. The Morgan fingerprint density at radius 1 is 1.17 bits per heavy atom. The molecule has 0 aliphatic carbocycles. The van der Waals surface area contributed by atoms with E-state index in [0.29, 0.717) is 17.5 Å². The molecule has 0 bridgehead atoms. The molecule has 0 spiro atoms. The number of anilines is 1. The smallest absolute Gasteiger partial charge is 0.200 e. The molecule has 0 radical (unpaired) electrons. The maximum atomic E-state index is 5.50. The van der Waals surface area contributed by atoms with Gasteiger partial charge in [-0.15, -0.1) is 0 Å². The lowest BCUT2D eigenvalue weighted by Gasteiger charge is -2.07. The summed E-state index contributed by atoms with van der Waals surface area (Å²) in [6.07, 6.45) is 3.51. The van der Waals surface area contributed by atoms with Crippen LogP contribution < -0.4 is 11.3 Å². The van der Waals surface area contributed by atoms with Gasteiger partial charge in [0.2, 0.25) is 0 Å². The predicted molar refractivity (Wildman–Crippen MR) is 70.6 cm³/mol. The molecule has 3 heterocycles. The normalized spacial score (nSPS) is 13.4. The molecule has 2 aromatic heterocycles. The Balaban J connectivity index is 2.10. The van der Waals surface area contributed by atoms with E-state index in [1.807, 2.05) is 6.92 Å². The van der Waals surface area contributed by atoms with Crippen molar-refractivity contribution in [3.05, 3.63) is 29.2 Å². The Labute approximate surface area is 108 Å². The number of thioether (sulfide) groups is 1. The number of hydrogen-bond donors (Lipinski definition) is 2. The fraction of sp³-hybridized carbons (Fsp3) is 0.273. The molecule has 7 heteroatoms. The second-order valence-corrected chi connectivity index (χ2v) is 5.03. The van der Waals surface area contributed by atoms with Crippen molar-refractivity contribution in [1.29, 1.82) is 0 Å². The third-order valence-corrected chi connectivity index (χ3v) is 3.67. The van der Waals surface area contributed by atoms with E-state index in [-0.39, 0.29) is 0 Å². The highest BCUT2D eigenvalue weighted by Gasteiger charge is 2.20. The molecule has 6 nitrogen and oxygen atoms in total. The van der Waals surface area contributed by atoms with E-state index in [0.717, 1.165) is 28.3 Å². The lowest BCUT2D eigenvalue weighted by atomic mass is 10.2. The molecule has 0 saturated heterocycles. The van der Waals surface area contributed by atoms with Crippen LogP contribution in [0.4, 0.5) is 5.82 Å². The van der Waals surface area contributed by atoms with Gasteiger partial charge < -0.3 is 5.43 Å². The summed E-state index contributed by atoms with van der Waals surface area (Å²) in [6, 6.07) is 0. The Hall–Kier alpha value is -1.73. The number of nitrogens with two attached hydrogens (primary N) is 1. The van der Waals surface area contributed by atoms with Crippen LogP contribution in [0.1, 0.15) is 16.8 Å². The van der Waals surface area contributed by atoms with Crippen LogP contribution in [-0.2, 0) is 11.5 Å². The zero-order chi connectivity index (χ0) is 12.5. The summed E-state index contributed by atoms with van der Waals surface area (Å²) in [5.41, 5.74) is 5.73. The molecule has 0 atom stereocenters. The van der Waals surface area contributed by atoms with Crippen molar-refractivity contribution < 1.29 is 0 Å². The van der Waals surface area contributed by atoms with Crippen molar-refractivity contribution in [1.82, 2.24) is 19.9 Å². The summed E-state index contributed by atoms with van der Waals surface area (Å²) >= 11 is 1.80. The lowest BCUT2D eigenvalue weighted by Crippen LogP contribution is -2.13. The van der Waals surface area contributed by atoms with E-state index in [9.17, 15) is 0 Å². The average molecular weight is 260 g/mol. The van der Waals surface area contributed by atoms with Crippen LogP contribution in [0.3, 0.4) is 0 Å². The molecule has 0 amide bonds. The average Bonchev–Trinajstić information content (AvgIpc) is 2.86. The third kappa shape index (κ3) is 1.91. The third-order valence-electron chi connectivity index (χ3n) is 2.70. The molecule has 1 aliphatic rings. The van der Waals surface area contributed by atoms with E-state index in [4.69, 9.17) is 5.84 Å². The summed E-state index contributed by atoms with van der Waals surface area (Å²) in [6.45, 7) is 1.94. The molecular weight excluding hydrogens is 248 g/mol. The first-order valence-corrected chi connectivity index (χ1v) is 6.66. The van der Waals surface area contributed by atoms with Gasteiger partial charge in [0.25, 0.3) is 0 Å². The Morgan fingerprint density at radius 3 is 2.67 bits per heavy atom. The Morgan fingerprint density at radius 2 is 1.94 bits per heavy atom. The highest BCUT2D eigenvalue weighted by atomic mass is 32.2. The second kappa shape index (κ2) is 4.51. The standard InChI is InChI=1S/C11H12N6S/c1-6-2-13-10(14-3-6)11-15-8-5-18-4-7(8)9(16-11)17-12/h2-3H,4-5,12H2,1H3,(H,15,16,17). The van der Waals surface area contributed by atoms with Crippen LogP contribution in [0.2, 0.25) is 0 Å². The number of nitrogen functional groups attached to an aromatic ring is 1. The van der Waals surface area contributed by atoms with Crippen molar-refractivity contribution in [2.24, 2.45) is 5.84 Å². The van der Waals surface area contributed by atoms with Gasteiger partial charge in [0, 0.05) is 29.5 Å². The van der Waals surface area contributed by atoms with Crippen molar-refractivity contribution >= 4 is 17.6 Å². The van der Waals surface area contributed by atoms with Crippen LogP contribution in [0.25, 0.3) is 11.6 Å². The van der Waals surface area contributed by atoms with Gasteiger partial charge in [0.05, 0.1) is 5.69 Å². The zero-order valence-corrected chi connectivity index (χ0v) is 10.7. The van der Waals surface area contributed by atoms with Crippen molar-refractivity contribution in [2.45, 2.75) is 18.4 Å². The lowest BCUT2D eigenvalue weighted by molar-refractivity contribution is 1.01. The number of fused-ring (bicyclic) bond motifs is 1. The summed E-state index contributed by atoms with van der Waals surface area (Å²) in [7, 11) is 0. The molecule has 0 saturated carbocycles. The van der Waals surface area contributed by atoms with Gasteiger partial charge in [-0.1, -0.05) is 0 Å². The van der Waals surface area contributed by atoms with Crippen molar-refractivity contribution in [3.8, 4) is 11.6 Å². The molecule has 18 heavy (non-hydrogen) atoms. The zero-order valence-electron chi connectivity index (χ0n) is 9.84. The number of hydrogen-bond acceptors (Lipinski definition) is 7. The van der Waals surface area contributed by atoms with E-state index < -0.39 is 0 Å². The molecule has 3 rings (SSSR count). The molecule has 2 aromatic rings. The maximum Gasteiger partial charge on any atom is 0.200 e. The number of aromatic nitrogens is 4. The van der Waals surface area contributed by atoms with Gasteiger partial charge >= 0.3 is 0 Å². The number of hydrazine groups is 1. The minimum absolute atomic E-state index is 0.518. The van der Waals surface area contributed by atoms with Crippen LogP contribution >= 0.6 is 11.8 Å². The monoisotopic (exact) mass is 260 g/mol. The van der Waals surface area contributed by atoms with Gasteiger partial charge in [-0.25, -0.2) is 25.8 Å². The Kier molecular flexibility index (Phi) is 2.85. The highest BCUT2D eigenvalue weighted by Crippen LogP contribution is 2.33.